The van der Waals surface area contributed by atoms with E-state index in [2.05, 4.69) is 9.89 Å². The summed E-state index contributed by atoms with van der Waals surface area (Å²) in [5.74, 6) is 0.257. The third kappa shape index (κ3) is 3.66. The van der Waals surface area contributed by atoms with Gasteiger partial charge in [0.05, 0.1) is 23.8 Å². The first-order valence-electron chi connectivity index (χ1n) is 8.80. The van der Waals surface area contributed by atoms with Gasteiger partial charge in [-0.3, -0.25) is 14.5 Å². The van der Waals surface area contributed by atoms with E-state index in [9.17, 15) is 5.11 Å². The molecule has 0 aliphatic carbocycles. The van der Waals surface area contributed by atoms with Gasteiger partial charge >= 0.3 is 0 Å². The quantitative estimate of drug-likeness (QED) is 0.789. The Hall–Kier alpha value is -1.80. The number of nitrogens with zero attached hydrogens (tertiary/aromatic N) is 3. The molecule has 0 bridgehead atoms. The van der Waals surface area contributed by atoms with E-state index in [-0.39, 0.29) is 5.88 Å². The largest absolute Gasteiger partial charge is 0.493 e. The van der Waals surface area contributed by atoms with Crippen LogP contribution in [0.5, 0.6) is 5.88 Å². The van der Waals surface area contributed by atoms with Crippen molar-refractivity contribution in [2.45, 2.75) is 13.0 Å². The highest BCUT2D eigenvalue weighted by Gasteiger charge is 2.16. The number of aliphatic imine (C=N–C) groups is 1. The second-order valence-corrected chi connectivity index (χ2v) is 8.07. The smallest absolute Gasteiger partial charge is 0.210 e. The van der Waals surface area contributed by atoms with Crippen molar-refractivity contribution in [1.82, 2.24) is 9.47 Å². The Kier molecular flexibility index (Phi) is 5.31. The summed E-state index contributed by atoms with van der Waals surface area (Å²) in [7, 11) is 0. The summed E-state index contributed by atoms with van der Waals surface area (Å²) in [5, 5.41) is 10.6. The van der Waals surface area contributed by atoms with E-state index in [1.807, 2.05) is 41.1 Å². The van der Waals surface area contributed by atoms with Crippen molar-refractivity contribution in [2.75, 3.05) is 32.8 Å². The molecule has 7 heteroatoms. The number of morpholine rings is 1. The van der Waals surface area contributed by atoms with E-state index >= 15 is 0 Å². The number of aromatic nitrogens is 1. The number of hydrogen-bond donors (Lipinski definition) is 1. The van der Waals surface area contributed by atoms with Gasteiger partial charge in [0, 0.05) is 43.5 Å². The van der Waals surface area contributed by atoms with Gasteiger partial charge in [-0.2, -0.15) is 0 Å². The average molecular weight is 388 g/mol. The number of para-hydroxylation sites is 1. The van der Waals surface area contributed by atoms with Crippen molar-refractivity contribution in [2.24, 2.45) is 4.99 Å². The number of thiazole rings is 1. The fourth-order valence-electron chi connectivity index (χ4n) is 3.28. The third-order valence-electron chi connectivity index (χ3n) is 4.70. The molecule has 26 heavy (non-hydrogen) atoms. The van der Waals surface area contributed by atoms with E-state index in [0.717, 1.165) is 67.5 Å². The molecule has 0 unspecified atom stereocenters. The molecule has 5 nitrogen and oxygen atoms in total. The standard InChI is InChI=1S/C19H21N3O2S2/c23-18-17(12-14-13-20-16-5-2-1-4-15(14)16)26-19(25)22(18)7-3-6-21-8-10-24-11-9-21/h1-2,4-5,12-13,23H,3,6-11H2/b14-12+. The highest BCUT2D eigenvalue weighted by Crippen LogP contribution is 2.35. The maximum absolute atomic E-state index is 10.6. The van der Waals surface area contributed by atoms with Gasteiger partial charge in [0.15, 0.2) is 3.95 Å². The molecule has 1 aromatic carbocycles. The molecule has 0 atom stereocenters. The van der Waals surface area contributed by atoms with Crippen molar-refractivity contribution >= 4 is 47.1 Å². The molecule has 0 spiro atoms. The van der Waals surface area contributed by atoms with Crippen LogP contribution in [-0.4, -0.2) is 53.6 Å². The maximum Gasteiger partial charge on any atom is 0.210 e. The third-order valence-corrected chi connectivity index (χ3v) is 6.08. The van der Waals surface area contributed by atoms with Crippen LogP contribution in [0.1, 0.15) is 16.9 Å². The lowest BCUT2D eigenvalue weighted by molar-refractivity contribution is 0.0368. The van der Waals surface area contributed by atoms with E-state index in [1.54, 1.807) is 0 Å². The van der Waals surface area contributed by atoms with Crippen molar-refractivity contribution < 1.29 is 9.84 Å². The van der Waals surface area contributed by atoms with Gasteiger partial charge in [-0.15, -0.1) is 11.3 Å². The second-order valence-electron chi connectivity index (χ2n) is 6.39. The highest BCUT2D eigenvalue weighted by atomic mass is 32.1. The molecule has 2 aliphatic heterocycles. The first-order valence-corrected chi connectivity index (χ1v) is 10.0. The van der Waals surface area contributed by atoms with Gasteiger partial charge in [0.2, 0.25) is 5.88 Å². The lowest BCUT2D eigenvalue weighted by Crippen LogP contribution is -2.37. The molecule has 2 aromatic rings. The lowest BCUT2D eigenvalue weighted by Gasteiger charge is -2.26. The molecule has 1 fully saturated rings. The first kappa shape index (κ1) is 17.6. The van der Waals surface area contributed by atoms with Gasteiger partial charge in [0.25, 0.3) is 0 Å². The number of aromatic hydroxyl groups is 1. The fraction of sp³-hybridized carbons (Fsp3) is 0.368. The van der Waals surface area contributed by atoms with Crippen LogP contribution in [0.4, 0.5) is 5.69 Å². The molecule has 2 aliphatic rings. The minimum absolute atomic E-state index is 0.257. The zero-order chi connectivity index (χ0) is 17.9. The van der Waals surface area contributed by atoms with Crippen LogP contribution in [0.2, 0.25) is 0 Å². The number of benzene rings is 1. The van der Waals surface area contributed by atoms with Crippen LogP contribution in [0.15, 0.2) is 29.3 Å². The molecule has 1 N–H and O–H groups in total. The second kappa shape index (κ2) is 7.84. The Labute approximate surface area is 161 Å². The van der Waals surface area contributed by atoms with Crippen LogP contribution >= 0.6 is 23.6 Å². The maximum atomic E-state index is 10.6. The molecule has 136 valence electrons. The Morgan fingerprint density at radius 2 is 2.04 bits per heavy atom. The summed E-state index contributed by atoms with van der Waals surface area (Å²) in [6.45, 7) is 5.31. The predicted octanol–water partition coefficient (Wildman–Crippen LogP) is 3.96. The Morgan fingerprint density at radius 3 is 2.88 bits per heavy atom. The monoisotopic (exact) mass is 387 g/mol. The first-order chi connectivity index (χ1) is 12.7. The van der Waals surface area contributed by atoms with Crippen LogP contribution in [0, 0.1) is 3.95 Å². The number of allylic oxidation sites excluding steroid dienone is 1. The average Bonchev–Trinajstić information content (AvgIpc) is 3.19. The minimum Gasteiger partial charge on any atom is -0.493 e. The number of rotatable bonds is 5. The summed E-state index contributed by atoms with van der Waals surface area (Å²) >= 11 is 6.92. The molecular formula is C19H21N3O2S2. The van der Waals surface area contributed by atoms with E-state index in [4.69, 9.17) is 17.0 Å². The predicted molar refractivity (Wildman–Crippen MR) is 109 cm³/mol. The lowest BCUT2D eigenvalue weighted by atomic mass is 10.1. The molecule has 3 heterocycles. The van der Waals surface area contributed by atoms with Crippen molar-refractivity contribution in [3.63, 3.8) is 0 Å². The van der Waals surface area contributed by atoms with Crippen molar-refractivity contribution in [3.05, 3.63) is 38.7 Å². The summed E-state index contributed by atoms with van der Waals surface area (Å²) in [6.07, 6.45) is 4.78. The zero-order valence-corrected chi connectivity index (χ0v) is 16.1. The van der Waals surface area contributed by atoms with E-state index < -0.39 is 0 Å². The van der Waals surface area contributed by atoms with Gasteiger partial charge in [0.1, 0.15) is 0 Å². The summed E-state index contributed by atoms with van der Waals surface area (Å²) in [4.78, 5) is 7.60. The SMILES string of the molecule is Oc1c(/C=C2\C=Nc3ccccc32)sc(=S)n1CCCN1CCOCC1. The van der Waals surface area contributed by atoms with Gasteiger partial charge < -0.3 is 9.84 Å². The van der Waals surface area contributed by atoms with E-state index in [1.165, 1.54) is 11.3 Å². The summed E-state index contributed by atoms with van der Waals surface area (Å²) in [6, 6.07) is 8.01. The Morgan fingerprint density at radius 1 is 1.23 bits per heavy atom. The van der Waals surface area contributed by atoms with Crippen LogP contribution in [0.25, 0.3) is 11.6 Å². The van der Waals surface area contributed by atoms with Crippen molar-refractivity contribution in [1.29, 1.82) is 0 Å². The van der Waals surface area contributed by atoms with Crippen LogP contribution in [-0.2, 0) is 11.3 Å². The number of ether oxygens (including phenoxy) is 1. The molecule has 0 amide bonds. The number of hydrogen-bond acceptors (Lipinski definition) is 6. The molecule has 1 aromatic heterocycles. The molecular weight excluding hydrogens is 366 g/mol. The number of fused-ring (bicyclic) bond motifs is 1. The van der Waals surface area contributed by atoms with Gasteiger partial charge in [-0.05, 0) is 30.8 Å². The van der Waals surface area contributed by atoms with Crippen LogP contribution in [0.3, 0.4) is 0 Å². The van der Waals surface area contributed by atoms with Crippen LogP contribution < -0.4 is 0 Å². The molecule has 0 saturated carbocycles. The minimum atomic E-state index is 0.257. The molecule has 0 radical (unpaired) electrons. The topological polar surface area (TPSA) is 50.0 Å². The van der Waals surface area contributed by atoms with Crippen molar-refractivity contribution in [3.8, 4) is 5.88 Å². The Balaban J connectivity index is 1.48. The molecule has 1 saturated heterocycles. The zero-order valence-electron chi connectivity index (χ0n) is 14.4. The normalized spacial score (nSPS) is 18.5. The van der Waals surface area contributed by atoms with Gasteiger partial charge in [-0.1, -0.05) is 18.2 Å². The van der Waals surface area contributed by atoms with E-state index in [0.29, 0.717) is 3.95 Å². The summed E-state index contributed by atoms with van der Waals surface area (Å²) < 4.78 is 7.92. The fourth-order valence-corrected chi connectivity index (χ4v) is 4.59. The Bertz CT molecular complexity index is 908. The highest BCUT2D eigenvalue weighted by molar-refractivity contribution is 7.73. The molecule has 4 rings (SSSR count). The van der Waals surface area contributed by atoms with Gasteiger partial charge in [-0.25, -0.2) is 0 Å². The summed E-state index contributed by atoms with van der Waals surface area (Å²) in [5.41, 5.74) is 3.06.